The summed E-state index contributed by atoms with van der Waals surface area (Å²) in [6.07, 6.45) is 0.527. The molecule has 0 fully saturated rings. The largest absolute Gasteiger partial charge is 0.439 e. The molecule has 0 amide bonds. The molecule has 0 atom stereocenters. The van der Waals surface area contributed by atoms with Gasteiger partial charge in [-0.2, -0.15) is 0 Å². The van der Waals surface area contributed by atoms with Crippen LogP contribution in [-0.4, -0.2) is 6.29 Å². The minimum Gasteiger partial charge on any atom is -0.439 e. The van der Waals surface area contributed by atoms with E-state index >= 15 is 0 Å². The van der Waals surface area contributed by atoms with Crippen LogP contribution in [0.2, 0.25) is 0 Å². The van der Waals surface area contributed by atoms with Gasteiger partial charge in [0.1, 0.15) is 11.1 Å². The van der Waals surface area contributed by atoms with Gasteiger partial charge < -0.3 is 9.73 Å². The summed E-state index contributed by atoms with van der Waals surface area (Å²) in [7, 11) is 0. The molecule has 3 aromatic rings. The Morgan fingerprint density at radius 3 is 2.57 bits per heavy atom. The van der Waals surface area contributed by atoms with E-state index in [1.165, 1.54) is 0 Å². The molecular weight excluding hydrogens is 266 g/mol. The number of benzene rings is 2. The first-order valence-electron chi connectivity index (χ1n) is 6.54. The van der Waals surface area contributed by atoms with E-state index in [-0.39, 0.29) is 16.9 Å². The number of carbonyl (C=O) groups excluding carboxylic acids is 1. The van der Waals surface area contributed by atoms with E-state index in [4.69, 9.17) is 4.42 Å². The van der Waals surface area contributed by atoms with E-state index in [1.54, 1.807) is 12.1 Å². The Morgan fingerprint density at radius 2 is 1.86 bits per heavy atom. The van der Waals surface area contributed by atoms with Crippen LogP contribution in [-0.2, 0) is 0 Å². The molecule has 0 aliphatic carbocycles. The molecule has 4 heteroatoms. The van der Waals surface area contributed by atoms with Gasteiger partial charge in [0.05, 0.1) is 5.39 Å². The van der Waals surface area contributed by atoms with Crippen molar-refractivity contribution in [3.8, 4) is 0 Å². The lowest BCUT2D eigenvalue weighted by Gasteiger charge is -2.09. The first-order chi connectivity index (χ1) is 10.2. The molecule has 0 bridgehead atoms. The van der Waals surface area contributed by atoms with Gasteiger partial charge in [0.25, 0.3) is 0 Å². The van der Waals surface area contributed by atoms with Crippen LogP contribution in [0.1, 0.15) is 15.9 Å². The van der Waals surface area contributed by atoms with Crippen LogP contribution in [0, 0.1) is 6.92 Å². The Labute approximate surface area is 121 Å². The van der Waals surface area contributed by atoms with E-state index in [0.29, 0.717) is 17.3 Å². The Bertz CT molecular complexity index is 866. The second-order valence-electron chi connectivity index (χ2n) is 4.78. The molecule has 2 aromatic carbocycles. The molecule has 1 N–H and O–H groups in total. The highest BCUT2D eigenvalue weighted by Gasteiger charge is 2.14. The normalized spacial score (nSPS) is 10.5. The van der Waals surface area contributed by atoms with Gasteiger partial charge in [-0.25, -0.2) is 0 Å². The number of anilines is 2. The van der Waals surface area contributed by atoms with Crippen LogP contribution in [0.15, 0.2) is 57.7 Å². The van der Waals surface area contributed by atoms with E-state index < -0.39 is 0 Å². The molecule has 0 spiro atoms. The molecule has 0 aliphatic heterocycles. The number of rotatable bonds is 3. The minimum absolute atomic E-state index is 0.00282. The summed E-state index contributed by atoms with van der Waals surface area (Å²) in [6.45, 7) is 1.88. The monoisotopic (exact) mass is 279 g/mol. The van der Waals surface area contributed by atoms with Gasteiger partial charge in [0.2, 0.25) is 11.3 Å². The van der Waals surface area contributed by atoms with Crippen molar-refractivity contribution in [3.05, 3.63) is 69.9 Å². The van der Waals surface area contributed by atoms with Gasteiger partial charge in [-0.05, 0) is 31.2 Å². The maximum Gasteiger partial charge on any atom is 0.212 e. The number of fused-ring (bicyclic) bond motifs is 1. The second-order valence-corrected chi connectivity index (χ2v) is 4.78. The SMILES string of the molecule is Cc1ccc2oc(Nc3ccccc3)c(C=O)c(=O)c2c1. The molecule has 1 heterocycles. The minimum atomic E-state index is -0.326. The molecular formula is C17H13NO3. The summed E-state index contributed by atoms with van der Waals surface area (Å²) in [4.78, 5) is 23.7. The number of hydrogen-bond acceptors (Lipinski definition) is 4. The second kappa shape index (κ2) is 5.25. The van der Waals surface area contributed by atoms with Gasteiger partial charge in [0, 0.05) is 5.69 Å². The number of nitrogens with one attached hydrogen (secondary N) is 1. The predicted molar refractivity (Wildman–Crippen MR) is 82.3 cm³/mol. The zero-order valence-corrected chi connectivity index (χ0v) is 11.4. The van der Waals surface area contributed by atoms with Crippen molar-refractivity contribution in [1.82, 2.24) is 0 Å². The predicted octanol–water partition coefficient (Wildman–Crippen LogP) is 3.66. The Balaban J connectivity index is 2.21. The van der Waals surface area contributed by atoms with Crippen molar-refractivity contribution in [2.45, 2.75) is 6.92 Å². The number of aldehydes is 1. The summed E-state index contributed by atoms with van der Waals surface area (Å²) in [6, 6.07) is 14.6. The van der Waals surface area contributed by atoms with Gasteiger partial charge in [0.15, 0.2) is 6.29 Å². The fourth-order valence-electron chi connectivity index (χ4n) is 2.18. The van der Waals surface area contributed by atoms with E-state index in [2.05, 4.69) is 5.32 Å². The van der Waals surface area contributed by atoms with Crippen molar-refractivity contribution >= 4 is 28.8 Å². The average Bonchev–Trinajstić information content (AvgIpc) is 2.50. The van der Waals surface area contributed by atoms with Crippen LogP contribution in [0.3, 0.4) is 0 Å². The third kappa shape index (κ3) is 2.43. The summed E-state index contributed by atoms with van der Waals surface area (Å²) >= 11 is 0. The Morgan fingerprint density at radius 1 is 1.10 bits per heavy atom. The summed E-state index contributed by atoms with van der Waals surface area (Å²) in [5, 5.41) is 3.39. The number of aryl methyl sites for hydroxylation is 1. The Kier molecular flexibility index (Phi) is 3.28. The van der Waals surface area contributed by atoms with Gasteiger partial charge in [-0.3, -0.25) is 9.59 Å². The highest BCUT2D eigenvalue weighted by molar-refractivity contribution is 5.90. The highest BCUT2D eigenvalue weighted by Crippen LogP contribution is 2.23. The smallest absolute Gasteiger partial charge is 0.212 e. The van der Waals surface area contributed by atoms with Crippen LogP contribution in [0.25, 0.3) is 11.0 Å². The van der Waals surface area contributed by atoms with Crippen molar-refractivity contribution in [2.75, 3.05) is 5.32 Å². The molecule has 4 nitrogen and oxygen atoms in total. The van der Waals surface area contributed by atoms with Gasteiger partial charge in [-0.15, -0.1) is 0 Å². The number of carbonyl (C=O) groups is 1. The number of hydrogen-bond donors (Lipinski definition) is 1. The summed E-state index contributed by atoms with van der Waals surface area (Å²) in [5.74, 6) is 0.164. The topological polar surface area (TPSA) is 59.3 Å². The molecule has 1 aromatic heterocycles. The lowest BCUT2D eigenvalue weighted by atomic mass is 10.1. The third-order valence-electron chi connectivity index (χ3n) is 3.23. The summed E-state index contributed by atoms with van der Waals surface area (Å²) in [5.41, 5.74) is 1.81. The summed E-state index contributed by atoms with van der Waals surface area (Å²) < 4.78 is 5.68. The van der Waals surface area contributed by atoms with E-state index in [0.717, 1.165) is 11.3 Å². The molecule has 21 heavy (non-hydrogen) atoms. The van der Waals surface area contributed by atoms with Crippen LogP contribution >= 0.6 is 0 Å². The zero-order valence-electron chi connectivity index (χ0n) is 11.4. The average molecular weight is 279 g/mol. The maximum atomic E-state index is 12.4. The fourth-order valence-corrected chi connectivity index (χ4v) is 2.18. The molecule has 0 radical (unpaired) electrons. The molecule has 104 valence electrons. The first-order valence-corrected chi connectivity index (χ1v) is 6.54. The number of para-hydroxylation sites is 1. The van der Waals surface area contributed by atoms with Crippen molar-refractivity contribution in [1.29, 1.82) is 0 Å². The molecule has 0 saturated heterocycles. The van der Waals surface area contributed by atoms with Gasteiger partial charge in [-0.1, -0.05) is 29.8 Å². The van der Waals surface area contributed by atoms with Crippen molar-refractivity contribution in [3.63, 3.8) is 0 Å². The Hall–Kier alpha value is -2.88. The van der Waals surface area contributed by atoms with Crippen molar-refractivity contribution in [2.24, 2.45) is 0 Å². The lowest BCUT2D eigenvalue weighted by Crippen LogP contribution is -2.11. The van der Waals surface area contributed by atoms with E-state index in [1.807, 2.05) is 43.3 Å². The van der Waals surface area contributed by atoms with Crippen molar-refractivity contribution < 1.29 is 9.21 Å². The standard InChI is InChI=1S/C17H13NO3/c1-11-7-8-15-13(9-11)16(20)14(10-19)17(21-15)18-12-5-3-2-4-6-12/h2-10,18H,1H3. The molecule has 0 aliphatic rings. The fraction of sp³-hybridized carbons (Fsp3) is 0.0588. The maximum absolute atomic E-state index is 12.4. The lowest BCUT2D eigenvalue weighted by molar-refractivity contribution is 0.112. The molecule has 0 unspecified atom stereocenters. The third-order valence-corrected chi connectivity index (χ3v) is 3.23. The van der Waals surface area contributed by atoms with Crippen LogP contribution in [0.5, 0.6) is 0 Å². The molecule has 3 rings (SSSR count). The molecule has 0 saturated carbocycles. The van der Waals surface area contributed by atoms with E-state index in [9.17, 15) is 9.59 Å². The van der Waals surface area contributed by atoms with Crippen LogP contribution < -0.4 is 10.7 Å². The van der Waals surface area contributed by atoms with Crippen LogP contribution in [0.4, 0.5) is 11.6 Å². The zero-order chi connectivity index (χ0) is 14.8. The van der Waals surface area contributed by atoms with Gasteiger partial charge >= 0.3 is 0 Å². The first kappa shape index (κ1) is 13.1. The quantitative estimate of drug-likeness (QED) is 0.743. The highest BCUT2D eigenvalue weighted by atomic mass is 16.3.